The van der Waals surface area contributed by atoms with Gasteiger partial charge in [-0.15, -0.1) is 0 Å². The fraction of sp³-hybridized carbons (Fsp3) is 0.0476. The number of fused-ring (bicyclic) bond motifs is 5. The van der Waals surface area contributed by atoms with Gasteiger partial charge in [-0.05, 0) is 76.3 Å². The first-order valence-electron chi connectivity index (χ1n) is 15.3. The maximum Gasteiger partial charge on any atom is 0.0498 e. The second-order valence-electron chi connectivity index (χ2n) is 11.3. The van der Waals surface area contributed by atoms with Crippen molar-refractivity contribution in [3.8, 4) is 11.1 Å². The van der Waals surface area contributed by atoms with Gasteiger partial charge in [-0.25, -0.2) is 0 Å². The summed E-state index contributed by atoms with van der Waals surface area (Å²) in [5.74, 6) is 0. The van der Waals surface area contributed by atoms with Crippen molar-refractivity contribution in [2.24, 2.45) is 0 Å². The van der Waals surface area contributed by atoms with Crippen molar-refractivity contribution in [1.29, 1.82) is 0 Å². The van der Waals surface area contributed by atoms with E-state index in [1.165, 1.54) is 55.0 Å². The first kappa shape index (κ1) is 26.1. The van der Waals surface area contributed by atoms with E-state index in [1.54, 1.807) is 0 Å². The molecule has 8 aromatic rings. The summed E-state index contributed by atoms with van der Waals surface area (Å²) >= 11 is 0. The molecule has 1 heterocycles. The Hall–Kier alpha value is -5.60. The quantitative estimate of drug-likeness (QED) is 0.187. The van der Waals surface area contributed by atoms with Crippen molar-refractivity contribution in [3.05, 3.63) is 175 Å². The molecule has 0 saturated carbocycles. The van der Waals surface area contributed by atoms with E-state index in [4.69, 9.17) is 0 Å². The third kappa shape index (κ3) is 4.53. The van der Waals surface area contributed by atoms with Crippen LogP contribution in [-0.2, 0) is 13.0 Å². The Labute approximate surface area is 258 Å². The lowest BCUT2D eigenvalue weighted by molar-refractivity contribution is 0.745. The lowest BCUT2D eigenvalue weighted by Gasteiger charge is -2.27. The number of nitrogens with zero attached hydrogens (tertiary/aromatic N) is 2. The van der Waals surface area contributed by atoms with Crippen LogP contribution in [0.1, 0.15) is 5.56 Å². The summed E-state index contributed by atoms with van der Waals surface area (Å²) in [6, 6.07) is 61.2. The Bertz CT molecular complexity index is 2170. The number of aryl methyl sites for hydroxylation is 2. The molecule has 8 rings (SSSR count). The monoisotopic (exact) mass is 564 g/mol. The topological polar surface area (TPSA) is 8.17 Å². The molecular formula is C42H32N2. The van der Waals surface area contributed by atoms with E-state index in [0.717, 1.165) is 24.3 Å². The minimum atomic E-state index is 0.872. The standard InChI is InChI=1S/C42H32N2/c1-4-15-31(16-5-1)36-24-14-18-33-27-28-40-42(41(33)36)37-23-11-13-26-39(37)43(40)30-29-32-17-10-12-25-38(32)44(34-19-6-2-7-20-34)35-21-8-3-9-22-35/h1-28H,29-30H2. The lowest BCUT2D eigenvalue weighted by Crippen LogP contribution is -2.13. The summed E-state index contributed by atoms with van der Waals surface area (Å²) in [7, 11) is 0. The van der Waals surface area contributed by atoms with Gasteiger partial charge in [-0.3, -0.25) is 0 Å². The molecule has 0 atom stereocenters. The molecule has 0 aliphatic carbocycles. The van der Waals surface area contributed by atoms with E-state index >= 15 is 0 Å². The van der Waals surface area contributed by atoms with Gasteiger partial charge in [-0.2, -0.15) is 0 Å². The van der Waals surface area contributed by atoms with Gasteiger partial charge in [0.25, 0.3) is 0 Å². The van der Waals surface area contributed by atoms with E-state index < -0.39 is 0 Å². The summed E-state index contributed by atoms with van der Waals surface area (Å²) in [6.45, 7) is 0.872. The number of hydrogen-bond acceptors (Lipinski definition) is 1. The number of rotatable bonds is 7. The highest BCUT2D eigenvalue weighted by Crippen LogP contribution is 2.41. The average molecular weight is 565 g/mol. The summed E-state index contributed by atoms with van der Waals surface area (Å²) < 4.78 is 2.53. The van der Waals surface area contributed by atoms with Crippen LogP contribution >= 0.6 is 0 Å². The van der Waals surface area contributed by atoms with Crippen molar-refractivity contribution >= 4 is 49.6 Å². The fourth-order valence-corrected chi connectivity index (χ4v) is 6.77. The second-order valence-corrected chi connectivity index (χ2v) is 11.3. The van der Waals surface area contributed by atoms with Gasteiger partial charge in [0.1, 0.15) is 0 Å². The van der Waals surface area contributed by atoms with Gasteiger partial charge < -0.3 is 9.47 Å². The van der Waals surface area contributed by atoms with Crippen molar-refractivity contribution in [2.75, 3.05) is 4.90 Å². The third-order valence-electron chi connectivity index (χ3n) is 8.73. The smallest absolute Gasteiger partial charge is 0.0498 e. The molecule has 2 nitrogen and oxygen atoms in total. The molecule has 0 N–H and O–H groups in total. The summed E-state index contributed by atoms with van der Waals surface area (Å²) in [6.07, 6.45) is 0.901. The molecule has 0 saturated heterocycles. The zero-order valence-corrected chi connectivity index (χ0v) is 24.5. The molecule has 44 heavy (non-hydrogen) atoms. The minimum absolute atomic E-state index is 0.872. The first-order valence-corrected chi connectivity index (χ1v) is 15.3. The predicted octanol–water partition coefficient (Wildman–Crippen LogP) is 11.3. The van der Waals surface area contributed by atoms with E-state index in [1.807, 2.05) is 0 Å². The van der Waals surface area contributed by atoms with Gasteiger partial charge in [0.15, 0.2) is 0 Å². The van der Waals surface area contributed by atoms with Gasteiger partial charge in [0.2, 0.25) is 0 Å². The maximum absolute atomic E-state index is 2.53. The Kier molecular flexibility index (Phi) is 6.66. The molecule has 0 unspecified atom stereocenters. The van der Waals surface area contributed by atoms with Crippen LogP contribution in [0, 0.1) is 0 Å². The number of anilines is 3. The molecule has 0 aliphatic heterocycles. The highest BCUT2D eigenvalue weighted by atomic mass is 15.1. The van der Waals surface area contributed by atoms with Crippen molar-refractivity contribution in [2.45, 2.75) is 13.0 Å². The van der Waals surface area contributed by atoms with Gasteiger partial charge in [0.05, 0.1) is 0 Å². The van der Waals surface area contributed by atoms with Gasteiger partial charge >= 0.3 is 0 Å². The molecule has 0 spiro atoms. The molecule has 0 aliphatic rings. The van der Waals surface area contributed by atoms with Crippen LogP contribution in [0.2, 0.25) is 0 Å². The number of para-hydroxylation sites is 4. The van der Waals surface area contributed by atoms with E-state index in [-0.39, 0.29) is 0 Å². The zero-order valence-electron chi connectivity index (χ0n) is 24.5. The van der Waals surface area contributed by atoms with Crippen molar-refractivity contribution < 1.29 is 0 Å². The second kappa shape index (κ2) is 11.2. The van der Waals surface area contributed by atoms with Crippen molar-refractivity contribution in [3.63, 3.8) is 0 Å². The summed E-state index contributed by atoms with van der Waals surface area (Å²) in [4.78, 5) is 2.38. The summed E-state index contributed by atoms with van der Waals surface area (Å²) in [5.41, 5.74) is 9.92. The Morgan fingerprint density at radius 2 is 1.09 bits per heavy atom. The normalized spacial score (nSPS) is 11.4. The van der Waals surface area contributed by atoms with Gasteiger partial charge in [0, 0.05) is 45.4 Å². The molecule has 0 fully saturated rings. The van der Waals surface area contributed by atoms with Crippen LogP contribution in [0.15, 0.2) is 170 Å². The molecule has 0 bridgehead atoms. The van der Waals surface area contributed by atoms with Crippen LogP contribution in [-0.4, -0.2) is 4.57 Å². The number of hydrogen-bond donors (Lipinski definition) is 0. The maximum atomic E-state index is 2.53. The van der Waals surface area contributed by atoms with E-state index in [2.05, 4.69) is 179 Å². The average Bonchev–Trinajstić information content (AvgIpc) is 3.43. The van der Waals surface area contributed by atoms with Gasteiger partial charge in [-0.1, -0.05) is 127 Å². The van der Waals surface area contributed by atoms with Crippen LogP contribution in [0.5, 0.6) is 0 Å². The number of aromatic nitrogens is 1. The van der Waals surface area contributed by atoms with Crippen LogP contribution in [0.3, 0.4) is 0 Å². The van der Waals surface area contributed by atoms with Crippen molar-refractivity contribution in [1.82, 2.24) is 4.57 Å². The molecule has 210 valence electrons. The molecule has 1 aromatic heterocycles. The number of benzene rings is 7. The Balaban J connectivity index is 1.27. The van der Waals surface area contributed by atoms with Crippen LogP contribution in [0.4, 0.5) is 17.1 Å². The SMILES string of the molecule is c1ccc(-c2cccc3ccc4c(c5ccccc5n4CCc4ccccc4N(c4ccccc4)c4ccccc4)c23)cc1. The molecule has 2 heteroatoms. The summed E-state index contributed by atoms with van der Waals surface area (Å²) in [5, 5.41) is 5.24. The third-order valence-corrected chi connectivity index (χ3v) is 8.73. The fourth-order valence-electron chi connectivity index (χ4n) is 6.77. The van der Waals surface area contributed by atoms with E-state index in [0.29, 0.717) is 0 Å². The molecule has 0 amide bonds. The highest BCUT2D eigenvalue weighted by Gasteiger charge is 2.18. The zero-order chi connectivity index (χ0) is 29.3. The molecule has 7 aromatic carbocycles. The molecular weight excluding hydrogens is 532 g/mol. The largest absolute Gasteiger partial charge is 0.340 e. The predicted molar refractivity (Wildman–Crippen MR) is 187 cm³/mol. The lowest BCUT2D eigenvalue weighted by atomic mass is 9.94. The first-order chi connectivity index (χ1) is 21.9. The van der Waals surface area contributed by atoms with Crippen LogP contribution in [0.25, 0.3) is 43.7 Å². The highest BCUT2D eigenvalue weighted by molar-refractivity contribution is 6.24. The van der Waals surface area contributed by atoms with Crippen LogP contribution < -0.4 is 4.90 Å². The molecule has 0 radical (unpaired) electrons. The Morgan fingerprint density at radius 3 is 1.84 bits per heavy atom. The Morgan fingerprint density at radius 1 is 0.455 bits per heavy atom. The minimum Gasteiger partial charge on any atom is -0.340 e. The van der Waals surface area contributed by atoms with E-state index in [9.17, 15) is 0 Å².